The second kappa shape index (κ2) is 7.21. The second-order valence-electron chi connectivity index (χ2n) is 4.27. The van der Waals surface area contributed by atoms with Crippen LogP contribution in [0.4, 0.5) is 4.39 Å². The highest BCUT2D eigenvalue weighted by atomic mass is 19.1. The number of hydrogen-bond acceptors (Lipinski definition) is 3. The Labute approximate surface area is 108 Å². The molecule has 0 aliphatic heterocycles. The van der Waals surface area contributed by atoms with Crippen molar-refractivity contribution in [2.45, 2.75) is 32.4 Å². The van der Waals surface area contributed by atoms with Gasteiger partial charge in [-0.25, -0.2) is 4.39 Å². The quantitative estimate of drug-likeness (QED) is 0.762. The number of nitrogens with two attached hydrogens (primary N) is 1. The molecule has 0 saturated heterocycles. The van der Waals surface area contributed by atoms with E-state index in [9.17, 15) is 4.39 Å². The average Bonchev–Trinajstić information content (AvgIpc) is 2.38. The van der Waals surface area contributed by atoms with E-state index in [4.69, 9.17) is 15.2 Å². The van der Waals surface area contributed by atoms with Gasteiger partial charge in [0.2, 0.25) is 0 Å². The van der Waals surface area contributed by atoms with Crippen LogP contribution in [0.15, 0.2) is 12.1 Å². The van der Waals surface area contributed by atoms with Gasteiger partial charge in [0.05, 0.1) is 14.2 Å². The van der Waals surface area contributed by atoms with Crippen LogP contribution in [0.1, 0.15) is 37.1 Å². The minimum Gasteiger partial charge on any atom is -0.496 e. The van der Waals surface area contributed by atoms with Crippen LogP contribution in [0.5, 0.6) is 11.5 Å². The van der Waals surface area contributed by atoms with E-state index in [0.717, 1.165) is 30.6 Å². The maximum absolute atomic E-state index is 13.5. The summed E-state index contributed by atoms with van der Waals surface area (Å²) in [6.45, 7) is 2.18. The van der Waals surface area contributed by atoms with Crippen molar-refractivity contribution in [1.29, 1.82) is 0 Å². The summed E-state index contributed by atoms with van der Waals surface area (Å²) in [7, 11) is 3.15. The third-order valence-electron chi connectivity index (χ3n) is 2.96. The third kappa shape index (κ3) is 3.60. The highest BCUT2D eigenvalue weighted by molar-refractivity contribution is 5.47. The van der Waals surface area contributed by atoms with Crippen LogP contribution in [-0.4, -0.2) is 20.8 Å². The Balaban J connectivity index is 3.03. The normalized spacial score (nSPS) is 12.3. The number of aryl methyl sites for hydroxylation is 1. The smallest absolute Gasteiger partial charge is 0.128 e. The Morgan fingerprint density at radius 1 is 1.17 bits per heavy atom. The summed E-state index contributed by atoms with van der Waals surface area (Å²) in [6.07, 6.45) is 1.71. The van der Waals surface area contributed by atoms with E-state index in [1.54, 1.807) is 13.2 Å². The van der Waals surface area contributed by atoms with Crippen molar-refractivity contribution in [2.75, 3.05) is 20.8 Å². The summed E-state index contributed by atoms with van der Waals surface area (Å²) in [4.78, 5) is 0. The fraction of sp³-hybridized carbons (Fsp3) is 0.571. The molecule has 0 radical (unpaired) electrons. The van der Waals surface area contributed by atoms with Crippen molar-refractivity contribution in [2.24, 2.45) is 5.73 Å². The zero-order chi connectivity index (χ0) is 13.5. The summed E-state index contributed by atoms with van der Waals surface area (Å²) < 4.78 is 24.1. The molecular weight excluding hydrogens is 233 g/mol. The van der Waals surface area contributed by atoms with Gasteiger partial charge in [-0.15, -0.1) is 0 Å². The number of alkyl halides is 1. The molecule has 102 valence electrons. The largest absolute Gasteiger partial charge is 0.496 e. The highest BCUT2D eigenvalue weighted by Crippen LogP contribution is 2.34. The third-order valence-corrected chi connectivity index (χ3v) is 2.96. The Morgan fingerprint density at radius 2 is 1.83 bits per heavy atom. The van der Waals surface area contributed by atoms with Crippen molar-refractivity contribution in [1.82, 2.24) is 0 Å². The topological polar surface area (TPSA) is 44.5 Å². The number of methoxy groups -OCH3 is 2. The predicted molar refractivity (Wildman–Crippen MR) is 71.1 cm³/mol. The number of rotatable bonds is 7. The van der Waals surface area contributed by atoms with Gasteiger partial charge in [0.1, 0.15) is 17.7 Å². The highest BCUT2D eigenvalue weighted by Gasteiger charge is 2.15. The summed E-state index contributed by atoms with van der Waals surface area (Å²) in [5, 5.41) is 0. The van der Waals surface area contributed by atoms with Gasteiger partial charge in [0.15, 0.2) is 0 Å². The fourth-order valence-corrected chi connectivity index (χ4v) is 1.96. The second-order valence-corrected chi connectivity index (χ2v) is 4.27. The van der Waals surface area contributed by atoms with Gasteiger partial charge >= 0.3 is 0 Å². The van der Waals surface area contributed by atoms with Crippen molar-refractivity contribution in [3.63, 3.8) is 0 Å². The number of halogens is 1. The zero-order valence-corrected chi connectivity index (χ0v) is 11.3. The minimum atomic E-state index is -1.06. The lowest BCUT2D eigenvalue weighted by Gasteiger charge is -2.15. The lowest BCUT2D eigenvalue weighted by atomic mass is 10.0. The molecule has 0 bridgehead atoms. The van der Waals surface area contributed by atoms with Gasteiger partial charge < -0.3 is 15.2 Å². The molecule has 0 spiro atoms. The molecule has 3 nitrogen and oxygen atoms in total. The Bertz CT molecular complexity index is 380. The lowest BCUT2D eigenvalue weighted by molar-refractivity contribution is 0.342. The van der Waals surface area contributed by atoms with Crippen LogP contribution in [0.3, 0.4) is 0 Å². The van der Waals surface area contributed by atoms with Crippen LogP contribution in [-0.2, 0) is 6.42 Å². The standard InChI is InChI=1S/C14H22FNO2/c1-10(15)12-8-11(6-4-5-7-16)13(17-2)9-14(12)18-3/h8-10H,4-7,16H2,1-3H3. The Morgan fingerprint density at radius 3 is 2.33 bits per heavy atom. The number of ether oxygens (including phenoxy) is 2. The van der Waals surface area contributed by atoms with E-state index in [1.165, 1.54) is 14.0 Å². The van der Waals surface area contributed by atoms with Gasteiger partial charge in [-0.3, -0.25) is 0 Å². The molecule has 1 unspecified atom stereocenters. The van der Waals surface area contributed by atoms with Crippen LogP contribution < -0.4 is 15.2 Å². The maximum Gasteiger partial charge on any atom is 0.128 e. The van der Waals surface area contributed by atoms with E-state index in [0.29, 0.717) is 17.9 Å². The van der Waals surface area contributed by atoms with Crippen LogP contribution in [0, 0.1) is 0 Å². The van der Waals surface area contributed by atoms with Crippen molar-refractivity contribution in [3.8, 4) is 11.5 Å². The molecule has 0 aliphatic carbocycles. The molecule has 4 heteroatoms. The molecule has 18 heavy (non-hydrogen) atoms. The van der Waals surface area contributed by atoms with E-state index >= 15 is 0 Å². The van der Waals surface area contributed by atoms with Crippen LogP contribution in [0.25, 0.3) is 0 Å². The SMILES string of the molecule is COc1cc(OC)c(C(C)F)cc1CCCCN. The monoisotopic (exact) mass is 255 g/mol. The van der Waals surface area contributed by atoms with E-state index in [-0.39, 0.29) is 0 Å². The van der Waals surface area contributed by atoms with Gasteiger partial charge in [-0.2, -0.15) is 0 Å². The lowest BCUT2D eigenvalue weighted by Crippen LogP contribution is -2.02. The zero-order valence-electron chi connectivity index (χ0n) is 11.3. The summed E-state index contributed by atoms with van der Waals surface area (Å²) in [6, 6.07) is 3.59. The Hall–Kier alpha value is -1.29. The number of benzene rings is 1. The Kier molecular flexibility index (Phi) is 5.92. The fourth-order valence-electron chi connectivity index (χ4n) is 1.96. The molecule has 1 aromatic carbocycles. The first kappa shape index (κ1) is 14.8. The molecule has 0 heterocycles. The molecule has 0 aromatic heterocycles. The molecular formula is C14H22FNO2. The molecule has 1 rings (SSSR count). The molecule has 0 fully saturated rings. The maximum atomic E-state index is 13.5. The van der Waals surface area contributed by atoms with Gasteiger partial charge in [-0.1, -0.05) is 0 Å². The van der Waals surface area contributed by atoms with Crippen LogP contribution in [0.2, 0.25) is 0 Å². The van der Waals surface area contributed by atoms with Crippen LogP contribution >= 0.6 is 0 Å². The van der Waals surface area contributed by atoms with Crippen molar-refractivity contribution >= 4 is 0 Å². The average molecular weight is 255 g/mol. The summed E-state index contributed by atoms with van der Waals surface area (Å²) in [5.74, 6) is 1.28. The first-order valence-corrected chi connectivity index (χ1v) is 6.23. The molecule has 0 saturated carbocycles. The molecule has 1 aromatic rings. The van der Waals surface area contributed by atoms with E-state index < -0.39 is 6.17 Å². The molecule has 2 N–H and O–H groups in total. The first-order valence-electron chi connectivity index (χ1n) is 6.23. The summed E-state index contributed by atoms with van der Waals surface area (Å²) in [5.41, 5.74) is 7.05. The van der Waals surface area contributed by atoms with E-state index in [1.807, 2.05) is 6.07 Å². The minimum absolute atomic E-state index is 0.532. The first-order chi connectivity index (χ1) is 8.63. The molecule has 1 atom stereocenters. The molecule has 0 aliphatic rings. The summed E-state index contributed by atoms with van der Waals surface area (Å²) >= 11 is 0. The van der Waals surface area contributed by atoms with Crippen molar-refractivity contribution in [3.05, 3.63) is 23.3 Å². The van der Waals surface area contributed by atoms with Gasteiger partial charge in [-0.05, 0) is 44.4 Å². The predicted octanol–water partition coefficient (Wildman–Crippen LogP) is 3.02. The van der Waals surface area contributed by atoms with Gasteiger partial charge in [0, 0.05) is 11.6 Å². The number of unbranched alkanes of at least 4 members (excludes halogenated alkanes) is 1. The van der Waals surface area contributed by atoms with E-state index in [2.05, 4.69) is 0 Å². The molecule has 0 amide bonds. The van der Waals surface area contributed by atoms with Crippen molar-refractivity contribution < 1.29 is 13.9 Å². The van der Waals surface area contributed by atoms with Gasteiger partial charge in [0.25, 0.3) is 0 Å². The number of hydrogen-bond donors (Lipinski definition) is 1.